The van der Waals surface area contributed by atoms with Crippen LogP contribution in [-0.4, -0.2) is 52.2 Å². The molecule has 0 aliphatic carbocycles. The van der Waals surface area contributed by atoms with Gasteiger partial charge in [-0.2, -0.15) is 5.10 Å². The quantitative estimate of drug-likeness (QED) is 0.417. The first-order chi connectivity index (χ1) is 17.5. The van der Waals surface area contributed by atoms with Crippen molar-refractivity contribution in [3.05, 3.63) is 78.1 Å². The molecule has 0 radical (unpaired) electrons. The van der Waals surface area contributed by atoms with E-state index >= 15 is 0 Å². The number of amides is 2. The lowest BCUT2D eigenvalue weighted by molar-refractivity contribution is -0.141. The highest BCUT2D eigenvalue weighted by molar-refractivity contribution is 6.00. The number of aliphatic hydroxyl groups is 1. The molecule has 3 aromatic heterocycles. The first-order valence-corrected chi connectivity index (χ1v) is 11.8. The fraction of sp³-hybridized carbons (Fsp3) is 0.269. The van der Waals surface area contributed by atoms with Crippen LogP contribution in [0.2, 0.25) is 0 Å². The number of imidazole rings is 1. The van der Waals surface area contributed by atoms with Crippen LogP contribution in [0.15, 0.2) is 61.4 Å². The van der Waals surface area contributed by atoms with Gasteiger partial charge in [0.05, 0.1) is 36.5 Å². The maximum Gasteiger partial charge on any atom is 0.244 e. The standard InChI is InChI=1S/C26H25N7O3/c1-31-15-28-23(24(31)19-11-29-32(13-19)12-16-3-2-8-27-10-16)17-4-5-20-18(9-17)14-33(26(20)36)21-6-7-22(34)30-25(21)35/h2-5,8-11,13,15,21,26,36H,6-7,12,14H2,1H3,(H,30,34,35). The number of nitrogens with one attached hydrogen (secondary N) is 1. The van der Waals surface area contributed by atoms with Crippen molar-refractivity contribution < 1.29 is 14.7 Å². The predicted molar refractivity (Wildman–Crippen MR) is 130 cm³/mol. The van der Waals surface area contributed by atoms with Gasteiger partial charge in [-0.3, -0.25) is 29.5 Å². The first-order valence-electron chi connectivity index (χ1n) is 11.8. The zero-order valence-corrected chi connectivity index (χ0v) is 19.7. The molecule has 2 aliphatic heterocycles. The van der Waals surface area contributed by atoms with Crippen molar-refractivity contribution in [3.63, 3.8) is 0 Å². The van der Waals surface area contributed by atoms with E-state index in [4.69, 9.17) is 0 Å². The van der Waals surface area contributed by atoms with Crippen LogP contribution in [0, 0.1) is 0 Å². The Kier molecular flexibility index (Phi) is 5.46. The summed E-state index contributed by atoms with van der Waals surface area (Å²) in [6.07, 6.45) is 8.96. The van der Waals surface area contributed by atoms with Crippen LogP contribution in [0.5, 0.6) is 0 Å². The molecule has 2 unspecified atom stereocenters. The second kappa shape index (κ2) is 8.81. The van der Waals surface area contributed by atoms with Crippen molar-refractivity contribution >= 4 is 11.8 Å². The summed E-state index contributed by atoms with van der Waals surface area (Å²) in [4.78, 5) is 34.5. The van der Waals surface area contributed by atoms with Gasteiger partial charge in [0.1, 0.15) is 6.23 Å². The highest BCUT2D eigenvalue weighted by atomic mass is 16.3. The van der Waals surface area contributed by atoms with Gasteiger partial charge in [-0.05, 0) is 35.2 Å². The third-order valence-corrected chi connectivity index (χ3v) is 6.88. The summed E-state index contributed by atoms with van der Waals surface area (Å²) in [6, 6.07) is 9.25. The van der Waals surface area contributed by atoms with E-state index in [2.05, 4.69) is 20.4 Å². The average Bonchev–Trinajstić information content (AvgIpc) is 3.57. The van der Waals surface area contributed by atoms with E-state index in [0.29, 0.717) is 19.5 Å². The van der Waals surface area contributed by atoms with Gasteiger partial charge in [0.15, 0.2) is 0 Å². The molecule has 1 saturated heterocycles. The van der Waals surface area contributed by atoms with Crippen LogP contribution in [-0.2, 0) is 29.7 Å². The normalized spacial score (nSPS) is 19.9. The smallest absolute Gasteiger partial charge is 0.244 e. The summed E-state index contributed by atoms with van der Waals surface area (Å²) < 4.78 is 3.85. The number of benzene rings is 1. The van der Waals surface area contributed by atoms with Gasteiger partial charge < -0.3 is 9.67 Å². The molecular weight excluding hydrogens is 458 g/mol. The summed E-state index contributed by atoms with van der Waals surface area (Å²) in [6.45, 7) is 1.04. The van der Waals surface area contributed by atoms with Crippen LogP contribution in [0.4, 0.5) is 0 Å². The SMILES string of the molecule is Cn1cnc(-c2ccc3c(c2)CN(C2CCC(=O)NC2=O)C3O)c1-c1cnn(Cc2cccnc2)c1. The lowest BCUT2D eigenvalue weighted by Gasteiger charge is -2.31. The second-order valence-electron chi connectivity index (χ2n) is 9.27. The number of hydrogen-bond acceptors (Lipinski definition) is 7. The number of carbonyl (C=O) groups is 2. The highest BCUT2D eigenvalue weighted by Gasteiger charge is 2.39. The summed E-state index contributed by atoms with van der Waals surface area (Å²) in [5.41, 5.74) is 6.39. The highest BCUT2D eigenvalue weighted by Crippen LogP contribution is 2.38. The fourth-order valence-electron chi connectivity index (χ4n) is 5.12. The number of aryl methyl sites for hydroxylation is 1. The van der Waals surface area contributed by atoms with Crippen LogP contribution in [0.1, 0.15) is 35.8 Å². The van der Waals surface area contributed by atoms with E-state index in [0.717, 1.165) is 39.2 Å². The van der Waals surface area contributed by atoms with Crippen LogP contribution in [0.25, 0.3) is 22.5 Å². The molecule has 2 amide bonds. The van der Waals surface area contributed by atoms with Crippen LogP contribution < -0.4 is 5.32 Å². The van der Waals surface area contributed by atoms with Gasteiger partial charge in [-0.25, -0.2) is 4.98 Å². The number of carbonyl (C=O) groups excluding carboxylic acids is 2. The van der Waals surface area contributed by atoms with E-state index in [1.807, 2.05) is 65.2 Å². The van der Waals surface area contributed by atoms with E-state index in [1.165, 1.54) is 0 Å². The first kappa shape index (κ1) is 22.3. The maximum atomic E-state index is 12.4. The van der Waals surface area contributed by atoms with E-state index in [1.54, 1.807) is 17.4 Å². The van der Waals surface area contributed by atoms with E-state index in [9.17, 15) is 14.7 Å². The second-order valence-corrected chi connectivity index (χ2v) is 9.27. The van der Waals surface area contributed by atoms with Crippen molar-refractivity contribution in [2.45, 2.75) is 38.2 Å². The number of hydrogen-bond donors (Lipinski definition) is 2. The Morgan fingerprint density at radius 1 is 1.17 bits per heavy atom. The van der Waals surface area contributed by atoms with Crippen molar-refractivity contribution in [3.8, 4) is 22.5 Å². The minimum absolute atomic E-state index is 0.267. The number of nitrogens with zero attached hydrogens (tertiary/aromatic N) is 6. The van der Waals surface area contributed by atoms with Gasteiger partial charge in [-0.1, -0.05) is 18.2 Å². The number of fused-ring (bicyclic) bond motifs is 1. The number of rotatable bonds is 5. The number of imide groups is 1. The van der Waals surface area contributed by atoms with Crippen molar-refractivity contribution in [2.24, 2.45) is 7.05 Å². The van der Waals surface area contributed by atoms with Gasteiger partial charge in [0.25, 0.3) is 0 Å². The van der Waals surface area contributed by atoms with Crippen LogP contribution >= 0.6 is 0 Å². The maximum absolute atomic E-state index is 12.4. The molecule has 2 atom stereocenters. The number of aliphatic hydroxyl groups excluding tert-OH is 1. The summed E-state index contributed by atoms with van der Waals surface area (Å²) >= 11 is 0. The molecule has 0 spiro atoms. The molecule has 1 fully saturated rings. The largest absolute Gasteiger partial charge is 0.374 e. The lowest BCUT2D eigenvalue weighted by atomic mass is 10.0. The number of piperidine rings is 1. The van der Waals surface area contributed by atoms with E-state index < -0.39 is 12.3 Å². The molecule has 10 nitrogen and oxygen atoms in total. The molecule has 36 heavy (non-hydrogen) atoms. The molecule has 0 saturated carbocycles. The Morgan fingerprint density at radius 3 is 2.86 bits per heavy atom. The number of pyridine rings is 1. The summed E-state index contributed by atoms with van der Waals surface area (Å²) in [5, 5.41) is 17.8. The Bertz CT molecular complexity index is 1460. The molecular formula is C26H25N7O3. The molecule has 0 bridgehead atoms. The van der Waals surface area contributed by atoms with Crippen molar-refractivity contribution in [1.82, 2.24) is 34.5 Å². The Hall–Kier alpha value is -4.15. The monoisotopic (exact) mass is 483 g/mol. The fourth-order valence-corrected chi connectivity index (χ4v) is 5.12. The minimum atomic E-state index is -0.896. The Balaban J connectivity index is 1.28. The minimum Gasteiger partial charge on any atom is -0.374 e. The van der Waals surface area contributed by atoms with Gasteiger partial charge in [0, 0.05) is 49.7 Å². The Morgan fingerprint density at radius 2 is 2.06 bits per heavy atom. The van der Waals surface area contributed by atoms with E-state index in [-0.39, 0.29) is 18.2 Å². The number of aromatic nitrogens is 5. The van der Waals surface area contributed by atoms with Crippen LogP contribution in [0.3, 0.4) is 0 Å². The molecule has 1 aromatic carbocycles. The third-order valence-electron chi connectivity index (χ3n) is 6.88. The molecule has 4 aromatic rings. The zero-order valence-electron chi connectivity index (χ0n) is 19.7. The average molecular weight is 484 g/mol. The molecule has 5 heterocycles. The van der Waals surface area contributed by atoms with Crippen molar-refractivity contribution in [2.75, 3.05) is 0 Å². The molecule has 182 valence electrons. The topological polar surface area (TPSA) is 118 Å². The summed E-state index contributed by atoms with van der Waals surface area (Å²) in [7, 11) is 1.95. The molecule has 10 heteroatoms. The van der Waals surface area contributed by atoms with Gasteiger partial charge >= 0.3 is 0 Å². The van der Waals surface area contributed by atoms with Gasteiger partial charge in [0.2, 0.25) is 11.8 Å². The predicted octanol–water partition coefficient (Wildman–Crippen LogP) is 2.01. The summed E-state index contributed by atoms with van der Waals surface area (Å²) in [5.74, 6) is -0.621. The molecule has 2 aliphatic rings. The Labute approximate surface area is 207 Å². The molecule has 6 rings (SSSR count). The molecule has 2 N–H and O–H groups in total. The van der Waals surface area contributed by atoms with Crippen molar-refractivity contribution in [1.29, 1.82) is 0 Å². The zero-order chi connectivity index (χ0) is 24.8. The third kappa shape index (κ3) is 3.90. The van der Waals surface area contributed by atoms with Gasteiger partial charge in [-0.15, -0.1) is 0 Å². The lowest BCUT2D eigenvalue weighted by Crippen LogP contribution is -2.51.